The van der Waals surface area contributed by atoms with E-state index < -0.39 is 14.4 Å². The Morgan fingerprint density at radius 2 is 2.00 bits per heavy atom. The summed E-state index contributed by atoms with van der Waals surface area (Å²) in [6, 6.07) is 8.35. The summed E-state index contributed by atoms with van der Waals surface area (Å²) >= 11 is 0. The van der Waals surface area contributed by atoms with E-state index in [1.54, 1.807) is 13.1 Å². The molecule has 0 radical (unpaired) electrons. The van der Waals surface area contributed by atoms with Crippen molar-refractivity contribution in [2.75, 3.05) is 26.4 Å². The van der Waals surface area contributed by atoms with E-state index in [0.29, 0.717) is 43.5 Å². The first-order valence-corrected chi connectivity index (χ1v) is 16.3. The van der Waals surface area contributed by atoms with Gasteiger partial charge in [-0.1, -0.05) is 13.8 Å². The number of benzene rings is 1. The van der Waals surface area contributed by atoms with Gasteiger partial charge in [-0.05, 0) is 69.1 Å². The van der Waals surface area contributed by atoms with Crippen molar-refractivity contribution in [2.24, 2.45) is 0 Å². The number of fused-ring (bicyclic) bond motifs is 1. The van der Waals surface area contributed by atoms with Gasteiger partial charge in [-0.15, -0.1) is 0 Å². The van der Waals surface area contributed by atoms with Gasteiger partial charge in [0.1, 0.15) is 11.4 Å². The number of ether oxygens (including phenoxy) is 3. The molecule has 0 spiro atoms. The maximum Gasteiger partial charge on any atom is 0.316 e. The summed E-state index contributed by atoms with van der Waals surface area (Å²) in [5.74, 6) is 0.853. The first kappa shape index (κ1) is 27.5. The minimum atomic E-state index is -1.89. The zero-order valence-corrected chi connectivity index (χ0v) is 23.6. The van der Waals surface area contributed by atoms with Crippen LogP contribution in [0.15, 0.2) is 30.5 Å². The Balaban J connectivity index is 1.61. The number of hydrogen-bond donors (Lipinski definition) is 1. The van der Waals surface area contributed by atoms with E-state index in [9.17, 15) is 5.11 Å². The van der Waals surface area contributed by atoms with Gasteiger partial charge in [0.05, 0.1) is 30.5 Å². The van der Waals surface area contributed by atoms with Gasteiger partial charge in [0.2, 0.25) is 8.32 Å². The minimum absolute atomic E-state index is 0.0996. The van der Waals surface area contributed by atoms with Crippen LogP contribution in [-0.2, 0) is 9.47 Å². The number of hydrogen-bond acceptors (Lipinski definition) is 8. The SMILES string of the molecule is CC(C)[Si](C)(C)Oc1ccc2c(c1)c(-c1ccnc(OCCCOC[C@H](C)O)n1)nn2C1CCCCO1. The maximum atomic E-state index is 9.28. The van der Waals surface area contributed by atoms with E-state index in [1.807, 2.05) is 16.8 Å². The summed E-state index contributed by atoms with van der Waals surface area (Å²) in [5.41, 5.74) is 2.92. The Kier molecular flexibility index (Phi) is 9.17. The molecule has 1 unspecified atom stereocenters. The third kappa shape index (κ3) is 7.07. The van der Waals surface area contributed by atoms with Crippen LogP contribution in [0.2, 0.25) is 18.6 Å². The normalized spacial score (nSPS) is 17.3. The number of aromatic nitrogens is 4. The summed E-state index contributed by atoms with van der Waals surface area (Å²) < 4.78 is 25.8. The molecule has 0 amide bonds. The smallest absolute Gasteiger partial charge is 0.316 e. The third-order valence-corrected chi connectivity index (χ3v) is 10.3. The molecule has 37 heavy (non-hydrogen) atoms. The maximum absolute atomic E-state index is 9.28. The van der Waals surface area contributed by atoms with E-state index >= 15 is 0 Å². The van der Waals surface area contributed by atoms with Crippen LogP contribution in [0.1, 0.15) is 52.7 Å². The van der Waals surface area contributed by atoms with Crippen molar-refractivity contribution in [3.63, 3.8) is 0 Å². The highest BCUT2D eigenvalue weighted by Crippen LogP contribution is 2.35. The van der Waals surface area contributed by atoms with Crippen molar-refractivity contribution in [2.45, 2.75) is 77.4 Å². The van der Waals surface area contributed by atoms with Gasteiger partial charge in [0, 0.05) is 31.2 Å². The van der Waals surface area contributed by atoms with E-state index in [0.717, 1.165) is 48.2 Å². The quantitative estimate of drug-likeness (QED) is 0.248. The number of rotatable bonds is 12. The Bertz CT molecular complexity index is 1160. The molecule has 3 aromatic rings. The summed E-state index contributed by atoms with van der Waals surface area (Å²) in [7, 11) is -1.89. The third-order valence-electron chi connectivity index (χ3n) is 6.78. The van der Waals surface area contributed by atoms with Gasteiger partial charge in [-0.2, -0.15) is 10.1 Å². The molecule has 202 valence electrons. The van der Waals surface area contributed by atoms with Crippen molar-refractivity contribution in [3.8, 4) is 23.1 Å². The van der Waals surface area contributed by atoms with Gasteiger partial charge >= 0.3 is 6.01 Å². The van der Waals surface area contributed by atoms with Gasteiger partial charge in [0.15, 0.2) is 6.23 Å². The lowest BCUT2D eigenvalue weighted by molar-refractivity contribution is -0.0365. The van der Waals surface area contributed by atoms with Crippen LogP contribution in [0.4, 0.5) is 0 Å². The van der Waals surface area contributed by atoms with Crippen LogP contribution in [0, 0.1) is 0 Å². The second-order valence-corrected chi connectivity index (χ2v) is 15.1. The van der Waals surface area contributed by atoms with Crippen molar-refractivity contribution in [3.05, 3.63) is 30.5 Å². The molecule has 1 N–H and O–H groups in total. The van der Waals surface area contributed by atoms with Crippen LogP contribution >= 0.6 is 0 Å². The van der Waals surface area contributed by atoms with Crippen LogP contribution < -0.4 is 9.16 Å². The highest BCUT2D eigenvalue weighted by atomic mass is 28.4. The molecule has 1 aromatic carbocycles. The summed E-state index contributed by atoms with van der Waals surface area (Å²) in [6.07, 6.45) is 4.91. The zero-order valence-electron chi connectivity index (χ0n) is 22.6. The van der Waals surface area contributed by atoms with Crippen molar-refractivity contribution in [1.29, 1.82) is 0 Å². The molecule has 3 heterocycles. The molecule has 2 aromatic heterocycles. The fourth-order valence-electron chi connectivity index (χ4n) is 4.05. The van der Waals surface area contributed by atoms with Crippen molar-refractivity contribution in [1.82, 2.24) is 19.7 Å². The van der Waals surface area contributed by atoms with Gasteiger partial charge in [-0.25, -0.2) is 9.67 Å². The predicted molar refractivity (Wildman–Crippen MR) is 145 cm³/mol. The minimum Gasteiger partial charge on any atom is -0.544 e. The largest absolute Gasteiger partial charge is 0.544 e. The molecule has 4 rings (SSSR count). The fraction of sp³-hybridized carbons (Fsp3) is 0.593. The van der Waals surface area contributed by atoms with Gasteiger partial charge in [0.25, 0.3) is 0 Å². The van der Waals surface area contributed by atoms with Crippen molar-refractivity contribution >= 4 is 19.2 Å². The summed E-state index contributed by atoms with van der Waals surface area (Å²) in [4.78, 5) is 8.95. The number of aliphatic hydroxyl groups is 1. The van der Waals surface area contributed by atoms with E-state index in [-0.39, 0.29) is 6.23 Å². The second kappa shape index (κ2) is 12.3. The van der Waals surface area contributed by atoms with E-state index in [4.69, 9.17) is 23.7 Å². The number of nitrogens with zero attached hydrogens (tertiary/aromatic N) is 4. The first-order chi connectivity index (χ1) is 17.7. The Labute approximate surface area is 220 Å². The predicted octanol–water partition coefficient (Wildman–Crippen LogP) is 5.35. The molecule has 1 aliphatic rings. The van der Waals surface area contributed by atoms with Gasteiger partial charge in [-0.3, -0.25) is 0 Å². The van der Waals surface area contributed by atoms with Crippen LogP contribution in [0.25, 0.3) is 22.3 Å². The summed E-state index contributed by atoms with van der Waals surface area (Å²) in [6.45, 7) is 12.6. The Morgan fingerprint density at radius 1 is 1.16 bits per heavy atom. The highest BCUT2D eigenvalue weighted by molar-refractivity contribution is 6.73. The molecular weight excluding hydrogens is 488 g/mol. The van der Waals surface area contributed by atoms with Crippen LogP contribution in [0.3, 0.4) is 0 Å². The molecule has 0 saturated carbocycles. The Hall–Kier alpha value is -2.53. The molecular formula is C27H40N4O5Si. The number of aliphatic hydroxyl groups excluding tert-OH is 1. The van der Waals surface area contributed by atoms with Crippen LogP contribution in [0.5, 0.6) is 11.8 Å². The van der Waals surface area contributed by atoms with E-state index in [1.165, 1.54) is 0 Å². The molecule has 0 aliphatic carbocycles. The van der Waals surface area contributed by atoms with E-state index in [2.05, 4.69) is 49.0 Å². The van der Waals surface area contributed by atoms with Gasteiger partial charge < -0.3 is 23.7 Å². The van der Waals surface area contributed by atoms with Crippen molar-refractivity contribution < 1.29 is 23.7 Å². The van der Waals surface area contributed by atoms with Crippen LogP contribution in [-0.4, -0.2) is 65.7 Å². The molecule has 9 nitrogen and oxygen atoms in total. The summed E-state index contributed by atoms with van der Waals surface area (Å²) in [5, 5.41) is 15.2. The molecule has 10 heteroatoms. The lowest BCUT2D eigenvalue weighted by atomic mass is 10.1. The molecule has 2 atom stereocenters. The first-order valence-electron chi connectivity index (χ1n) is 13.3. The zero-order chi connectivity index (χ0) is 26.4. The topological polar surface area (TPSA) is 101 Å². The lowest BCUT2D eigenvalue weighted by Crippen LogP contribution is -2.37. The Morgan fingerprint density at radius 3 is 2.73 bits per heavy atom. The highest BCUT2D eigenvalue weighted by Gasteiger charge is 2.29. The lowest BCUT2D eigenvalue weighted by Gasteiger charge is -2.28. The average molecular weight is 529 g/mol. The molecule has 0 bridgehead atoms. The standard InChI is InChI=1S/C27H40N4O5Si/c1-19(2)37(4,5)36-21-10-11-24-22(17-21)26(30-31(24)25-9-6-7-15-34-25)23-12-13-28-27(29-23)35-16-8-14-33-18-20(3)32/h10-13,17,19-20,25,32H,6-9,14-16,18H2,1-5H3/t20-,25?/m0/s1. The monoisotopic (exact) mass is 528 g/mol. The fourth-order valence-corrected chi connectivity index (χ4v) is 5.02. The molecule has 1 fully saturated rings. The average Bonchev–Trinajstić information content (AvgIpc) is 3.25. The molecule has 1 saturated heterocycles. The second-order valence-electron chi connectivity index (χ2n) is 10.5. The molecule has 1 aliphatic heterocycles.